The fourth-order valence-corrected chi connectivity index (χ4v) is 4.35. The Bertz CT molecular complexity index is 703. The highest BCUT2D eigenvalue weighted by Gasteiger charge is 2.23. The molecule has 20 heavy (non-hydrogen) atoms. The van der Waals surface area contributed by atoms with Gasteiger partial charge in [-0.15, -0.1) is 11.3 Å². The molecule has 110 valence electrons. The van der Waals surface area contributed by atoms with E-state index in [4.69, 9.17) is 9.52 Å². The van der Waals surface area contributed by atoms with Gasteiger partial charge in [-0.1, -0.05) is 0 Å². The Kier molecular flexibility index (Phi) is 4.28. The number of sulfonamides is 1. The van der Waals surface area contributed by atoms with Crippen LogP contribution in [0.4, 0.5) is 0 Å². The number of nitrogens with zero attached hydrogens (tertiary/aromatic N) is 1. The van der Waals surface area contributed by atoms with E-state index in [0.717, 1.165) is 16.9 Å². The first-order chi connectivity index (χ1) is 9.33. The van der Waals surface area contributed by atoms with E-state index in [9.17, 15) is 8.42 Å². The van der Waals surface area contributed by atoms with E-state index in [0.29, 0.717) is 16.5 Å². The average molecular weight is 316 g/mol. The van der Waals surface area contributed by atoms with Crippen molar-refractivity contribution in [1.29, 1.82) is 0 Å². The van der Waals surface area contributed by atoms with Crippen LogP contribution in [0.2, 0.25) is 0 Å². The van der Waals surface area contributed by atoms with Gasteiger partial charge in [-0.3, -0.25) is 0 Å². The molecule has 0 radical (unpaired) electrons. The van der Waals surface area contributed by atoms with Gasteiger partial charge < -0.3 is 9.52 Å². The topological polar surface area (TPSA) is 92.4 Å². The van der Waals surface area contributed by atoms with Crippen LogP contribution in [0, 0.1) is 13.8 Å². The number of nitrogens with one attached hydrogen (secondary N) is 1. The van der Waals surface area contributed by atoms with Crippen molar-refractivity contribution in [3.8, 4) is 0 Å². The third-order valence-corrected chi connectivity index (χ3v) is 5.98. The third kappa shape index (κ3) is 3.09. The Hall–Kier alpha value is -1.22. The lowest BCUT2D eigenvalue weighted by atomic mass is 10.3. The van der Waals surface area contributed by atoms with E-state index in [2.05, 4.69) is 9.71 Å². The molecule has 1 atom stereocenters. The van der Waals surface area contributed by atoms with Gasteiger partial charge in [-0.2, -0.15) is 4.72 Å². The minimum absolute atomic E-state index is 0.166. The number of hydrogen-bond acceptors (Lipinski definition) is 6. The lowest BCUT2D eigenvalue weighted by molar-refractivity contribution is 0.285. The van der Waals surface area contributed by atoms with Gasteiger partial charge in [0, 0.05) is 4.88 Å². The Morgan fingerprint density at radius 2 is 2.20 bits per heavy atom. The maximum atomic E-state index is 12.3. The molecule has 2 heterocycles. The van der Waals surface area contributed by atoms with Gasteiger partial charge in [0.1, 0.15) is 9.97 Å². The molecule has 0 aliphatic carbocycles. The fraction of sp³-hybridized carbons (Fsp3) is 0.417. The summed E-state index contributed by atoms with van der Waals surface area (Å²) in [5.41, 5.74) is 0.762. The summed E-state index contributed by atoms with van der Waals surface area (Å²) < 4.78 is 32.5. The lowest BCUT2D eigenvalue weighted by Gasteiger charge is -2.09. The maximum absolute atomic E-state index is 12.3. The van der Waals surface area contributed by atoms with Crippen LogP contribution in [-0.4, -0.2) is 18.5 Å². The monoisotopic (exact) mass is 316 g/mol. The van der Waals surface area contributed by atoms with Crippen LogP contribution in [0.5, 0.6) is 0 Å². The van der Waals surface area contributed by atoms with E-state index in [1.807, 2.05) is 0 Å². The van der Waals surface area contributed by atoms with Crippen molar-refractivity contribution in [2.75, 3.05) is 0 Å². The van der Waals surface area contributed by atoms with Crippen LogP contribution in [0.3, 0.4) is 0 Å². The van der Waals surface area contributed by atoms with Gasteiger partial charge in [0.25, 0.3) is 10.0 Å². The Labute approximate surface area is 121 Å². The zero-order chi connectivity index (χ0) is 14.9. The largest absolute Gasteiger partial charge is 0.444 e. The SMILES string of the molecule is Cc1cnc(C(C)NS(=O)(=O)c2cc(C)c(CO)s2)o1. The summed E-state index contributed by atoms with van der Waals surface area (Å²) in [7, 11) is -3.65. The molecule has 1 unspecified atom stereocenters. The third-order valence-electron chi connectivity index (χ3n) is 2.75. The number of rotatable bonds is 5. The molecule has 2 rings (SSSR count). The molecule has 0 aliphatic rings. The fourth-order valence-electron chi connectivity index (χ4n) is 1.69. The van der Waals surface area contributed by atoms with E-state index >= 15 is 0 Å². The van der Waals surface area contributed by atoms with Gasteiger partial charge >= 0.3 is 0 Å². The Morgan fingerprint density at radius 1 is 1.50 bits per heavy atom. The molecule has 8 heteroatoms. The van der Waals surface area contributed by atoms with E-state index in [-0.39, 0.29) is 10.8 Å². The summed E-state index contributed by atoms with van der Waals surface area (Å²) in [6, 6.07) is 0.986. The highest BCUT2D eigenvalue weighted by atomic mass is 32.2. The molecule has 0 saturated carbocycles. The highest BCUT2D eigenvalue weighted by Crippen LogP contribution is 2.27. The second-order valence-electron chi connectivity index (χ2n) is 4.48. The normalized spacial score (nSPS) is 13.6. The zero-order valence-corrected chi connectivity index (χ0v) is 13.0. The van der Waals surface area contributed by atoms with E-state index < -0.39 is 16.1 Å². The van der Waals surface area contributed by atoms with Crippen molar-refractivity contribution < 1.29 is 17.9 Å². The number of oxazole rings is 1. The summed E-state index contributed by atoms with van der Waals surface area (Å²) in [6.07, 6.45) is 1.54. The van der Waals surface area contributed by atoms with Crippen molar-refractivity contribution in [1.82, 2.24) is 9.71 Å². The molecule has 0 aromatic carbocycles. The first kappa shape index (κ1) is 15.2. The minimum atomic E-state index is -3.65. The average Bonchev–Trinajstić information content (AvgIpc) is 2.95. The molecule has 0 bridgehead atoms. The quantitative estimate of drug-likeness (QED) is 0.878. The van der Waals surface area contributed by atoms with Crippen LogP contribution in [0.1, 0.15) is 35.1 Å². The molecule has 0 amide bonds. The molecule has 0 fully saturated rings. The van der Waals surface area contributed by atoms with Crippen LogP contribution in [-0.2, 0) is 16.6 Å². The Morgan fingerprint density at radius 3 is 2.70 bits per heavy atom. The predicted molar refractivity (Wildman–Crippen MR) is 75.0 cm³/mol. The molecule has 6 nitrogen and oxygen atoms in total. The molecule has 2 N–H and O–H groups in total. The van der Waals surface area contributed by atoms with Crippen LogP contribution in [0.25, 0.3) is 0 Å². The number of aliphatic hydroxyl groups excluding tert-OH is 1. The smallest absolute Gasteiger partial charge is 0.250 e. The van der Waals surface area contributed by atoms with Crippen molar-refractivity contribution >= 4 is 21.4 Å². The van der Waals surface area contributed by atoms with E-state index in [1.54, 1.807) is 33.0 Å². The van der Waals surface area contributed by atoms with Crippen LogP contribution < -0.4 is 4.72 Å². The summed E-state index contributed by atoms with van der Waals surface area (Å²) >= 11 is 1.06. The van der Waals surface area contributed by atoms with Crippen molar-refractivity contribution in [3.05, 3.63) is 34.4 Å². The van der Waals surface area contributed by atoms with Gasteiger partial charge in [0.15, 0.2) is 0 Å². The number of thiophene rings is 1. The summed E-state index contributed by atoms with van der Waals surface area (Å²) in [4.78, 5) is 4.65. The number of aromatic nitrogens is 1. The standard InChI is InChI=1S/C12H16N2O4S2/c1-7-4-11(19-10(7)6-15)20(16,17)14-9(3)12-13-5-8(2)18-12/h4-5,9,14-15H,6H2,1-3H3. The van der Waals surface area contributed by atoms with Gasteiger partial charge in [-0.25, -0.2) is 13.4 Å². The van der Waals surface area contributed by atoms with Crippen LogP contribution >= 0.6 is 11.3 Å². The minimum Gasteiger partial charge on any atom is -0.444 e. The lowest BCUT2D eigenvalue weighted by Crippen LogP contribution is -2.26. The zero-order valence-electron chi connectivity index (χ0n) is 11.4. The van der Waals surface area contributed by atoms with E-state index in [1.165, 1.54) is 0 Å². The summed E-state index contributed by atoms with van der Waals surface area (Å²) in [5, 5.41) is 9.13. The predicted octanol–water partition coefficient (Wildman–Crippen LogP) is 1.88. The molecule has 0 spiro atoms. The van der Waals surface area contributed by atoms with Crippen molar-refractivity contribution in [2.24, 2.45) is 0 Å². The first-order valence-corrected chi connectivity index (χ1v) is 8.28. The number of hydrogen-bond donors (Lipinski definition) is 2. The van der Waals surface area contributed by atoms with Crippen LogP contribution in [0.15, 0.2) is 20.9 Å². The Balaban J connectivity index is 2.22. The van der Waals surface area contributed by atoms with Gasteiger partial charge in [-0.05, 0) is 32.4 Å². The number of aliphatic hydroxyl groups is 1. The molecule has 0 aliphatic heterocycles. The first-order valence-electron chi connectivity index (χ1n) is 5.98. The number of aryl methyl sites for hydroxylation is 2. The highest BCUT2D eigenvalue weighted by molar-refractivity contribution is 7.91. The maximum Gasteiger partial charge on any atom is 0.250 e. The van der Waals surface area contributed by atoms with Gasteiger partial charge in [0.2, 0.25) is 5.89 Å². The van der Waals surface area contributed by atoms with Crippen molar-refractivity contribution in [3.63, 3.8) is 0 Å². The molecule has 2 aromatic rings. The second-order valence-corrected chi connectivity index (χ2v) is 7.56. The molecular formula is C12H16N2O4S2. The summed E-state index contributed by atoms with van der Waals surface area (Å²) in [5.74, 6) is 0.947. The second kappa shape index (κ2) is 5.65. The molecular weight excluding hydrogens is 300 g/mol. The van der Waals surface area contributed by atoms with Crippen molar-refractivity contribution in [2.45, 2.75) is 37.6 Å². The summed E-state index contributed by atoms with van der Waals surface area (Å²) in [6.45, 7) is 5.01. The molecule has 0 saturated heterocycles. The molecule has 2 aromatic heterocycles. The van der Waals surface area contributed by atoms with Gasteiger partial charge in [0.05, 0.1) is 18.8 Å².